The van der Waals surface area contributed by atoms with Crippen LogP contribution in [0.25, 0.3) is 0 Å². The monoisotopic (exact) mass is 366 g/mol. The quantitative estimate of drug-likeness (QED) is 0.540. The number of alkyl halides is 2. The normalized spacial score (nSPS) is 14.2. The van der Waals surface area contributed by atoms with Crippen molar-refractivity contribution in [2.45, 2.75) is 18.3 Å². The van der Waals surface area contributed by atoms with Gasteiger partial charge in [-0.3, -0.25) is 0 Å². The summed E-state index contributed by atoms with van der Waals surface area (Å²) in [6.07, 6.45) is -5.22. The van der Waals surface area contributed by atoms with Gasteiger partial charge in [0.15, 0.2) is 0 Å². The van der Waals surface area contributed by atoms with E-state index in [1.165, 1.54) is 7.11 Å². The van der Waals surface area contributed by atoms with Gasteiger partial charge in [-0.15, -0.1) is 0 Å². The molecule has 2 unspecified atom stereocenters. The second-order valence-electron chi connectivity index (χ2n) is 5.22. The predicted molar refractivity (Wildman–Crippen MR) is 84.1 cm³/mol. The van der Waals surface area contributed by atoms with Gasteiger partial charge in [-0.2, -0.15) is 8.78 Å². The van der Waals surface area contributed by atoms with Gasteiger partial charge in [0.2, 0.25) is 0 Å². The van der Waals surface area contributed by atoms with Crippen molar-refractivity contribution in [1.29, 1.82) is 0 Å². The highest BCUT2D eigenvalue weighted by Gasteiger charge is 2.28. The van der Waals surface area contributed by atoms with E-state index in [0.717, 1.165) is 7.11 Å². The fourth-order valence-electron chi connectivity index (χ4n) is 1.70. The predicted octanol–water partition coefficient (Wildman–Crippen LogP) is 1.07. The van der Waals surface area contributed by atoms with Gasteiger partial charge < -0.3 is 33.9 Å². The van der Waals surface area contributed by atoms with Crippen molar-refractivity contribution in [2.24, 2.45) is 0 Å². The SMILES string of the molecule is COCC(O)COc1cccc(OCC(O)COCC(F)(F)OC)c1. The zero-order valence-corrected chi connectivity index (χ0v) is 14.2. The topological polar surface area (TPSA) is 86.6 Å². The van der Waals surface area contributed by atoms with Crippen LogP contribution in [-0.4, -0.2) is 75.8 Å². The number of methoxy groups -OCH3 is 2. The summed E-state index contributed by atoms with van der Waals surface area (Å²) in [5.74, 6) is 0.887. The molecule has 0 aliphatic rings. The van der Waals surface area contributed by atoms with Gasteiger partial charge >= 0.3 is 6.11 Å². The van der Waals surface area contributed by atoms with E-state index < -0.39 is 24.9 Å². The molecule has 9 heteroatoms. The first kappa shape index (κ1) is 21.5. The maximum absolute atomic E-state index is 12.8. The van der Waals surface area contributed by atoms with Gasteiger partial charge in [-0.1, -0.05) is 6.07 Å². The average Bonchev–Trinajstić information content (AvgIpc) is 2.59. The molecule has 1 rings (SSSR count). The van der Waals surface area contributed by atoms with Gasteiger partial charge in [0.05, 0.1) is 13.2 Å². The molecule has 1 aromatic carbocycles. The van der Waals surface area contributed by atoms with Crippen LogP contribution in [0.15, 0.2) is 24.3 Å². The maximum atomic E-state index is 12.8. The van der Waals surface area contributed by atoms with Crippen LogP contribution in [0.3, 0.4) is 0 Å². The Morgan fingerprint density at radius 3 is 2.04 bits per heavy atom. The summed E-state index contributed by atoms with van der Waals surface area (Å²) in [5.41, 5.74) is 0. The van der Waals surface area contributed by atoms with E-state index in [1.807, 2.05) is 0 Å². The minimum absolute atomic E-state index is 0.0570. The van der Waals surface area contributed by atoms with Crippen molar-refractivity contribution in [1.82, 2.24) is 0 Å². The average molecular weight is 366 g/mol. The van der Waals surface area contributed by atoms with E-state index in [9.17, 15) is 19.0 Å². The lowest BCUT2D eigenvalue weighted by Gasteiger charge is -2.17. The van der Waals surface area contributed by atoms with Crippen LogP contribution >= 0.6 is 0 Å². The first-order valence-electron chi connectivity index (χ1n) is 7.57. The fraction of sp³-hybridized carbons (Fsp3) is 0.625. The van der Waals surface area contributed by atoms with E-state index in [2.05, 4.69) is 9.47 Å². The molecule has 0 saturated carbocycles. The number of aliphatic hydroxyl groups excluding tert-OH is 2. The Balaban J connectivity index is 2.33. The van der Waals surface area contributed by atoms with Crippen LogP contribution in [0.2, 0.25) is 0 Å². The van der Waals surface area contributed by atoms with Crippen LogP contribution < -0.4 is 9.47 Å². The Labute approximate surface area is 145 Å². The minimum atomic E-state index is -3.39. The van der Waals surface area contributed by atoms with E-state index in [4.69, 9.17) is 14.2 Å². The van der Waals surface area contributed by atoms with Crippen LogP contribution in [0.1, 0.15) is 0 Å². The molecule has 0 aromatic heterocycles. The van der Waals surface area contributed by atoms with Gasteiger partial charge in [-0.25, -0.2) is 0 Å². The van der Waals surface area contributed by atoms with Crippen LogP contribution in [0.5, 0.6) is 11.5 Å². The molecule has 1 aromatic rings. The zero-order valence-electron chi connectivity index (χ0n) is 14.2. The van der Waals surface area contributed by atoms with Crippen LogP contribution in [0, 0.1) is 0 Å². The highest BCUT2D eigenvalue weighted by Crippen LogP contribution is 2.20. The Hall–Kier alpha value is -1.52. The molecule has 25 heavy (non-hydrogen) atoms. The number of hydrogen-bond acceptors (Lipinski definition) is 7. The smallest absolute Gasteiger partial charge is 0.378 e. The number of halogens is 2. The van der Waals surface area contributed by atoms with E-state index in [0.29, 0.717) is 11.5 Å². The van der Waals surface area contributed by atoms with Gasteiger partial charge in [0.25, 0.3) is 0 Å². The summed E-state index contributed by atoms with van der Waals surface area (Å²) in [7, 11) is 2.34. The molecule has 0 saturated heterocycles. The second kappa shape index (κ2) is 11.2. The lowest BCUT2D eigenvalue weighted by molar-refractivity contribution is -0.252. The molecule has 0 fully saturated rings. The molecule has 0 heterocycles. The zero-order chi connectivity index (χ0) is 18.7. The summed E-state index contributed by atoms with van der Waals surface area (Å²) in [5, 5.41) is 19.2. The van der Waals surface area contributed by atoms with Crippen LogP contribution in [0.4, 0.5) is 8.78 Å². The molecule has 0 aliphatic heterocycles. The molecule has 2 N–H and O–H groups in total. The van der Waals surface area contributed by atoms with Gasteiger partial charge in [0.1, 0.15) is 43.5 Å². The van der Waals surface area contributed by atoms with Gasteiger partial charge in [0, 0.05) is 20.3 Å². The number of hydrogen-bond donors (Lipinski definition) is 2. The summed E-state index contributed by atoms with van der Waals surface area (Å²) < 4.78 is 49.7. The largest absolute Gasteiger partial charge is 0.491 e. The first-order chi connectivity index (χ1) is 11.9. The Kier molecular flexibility index (Phi) is 9.61. The second-order valence-corrected chi connectivity index (χ2v) is 5.22. The van der Waals surface area contributed by atoms with E-state index in [-0.39, 0.29) is 26.4 Å². The van der Waals surface area contributed by atoms with Crippen molar-refractivity contribution in [3.05, 3.63) is 24.3 Å². The highest BCUT2D eigenvalue weighted by molar-refractivity contribution is 5.32. The Bertz CT molecular complexity index is 487. The summed E-state index contributed by atoms with van der Waals surface area (Å²) >= 11 is 0. The molecule has 0 spiro atoms. The number of ether oxygens (including phenoxy) is 5. The molecule has 0 bridgehead atoms. The van der Waals surface area contributed by atoms with Crippen molar-refractivity contribution in [3.8, 4) is 11.5 Å². The van der Waals surface area contributed by atoms with Crippen LogP contribution in [-0.2, 0) is 14.2 Å². The third kappa shape index (κ3) is 9.51. The lowest BCUT2D eigenvalue weighted by Crippen LogP contribution is -2.30. The summed E-state index contributed by atoms with van der Waals surface area (Å²) in [4.78, 5) is 0. The molecule has 7 nitrogen and oxygen atoms in total. The number of benzene rings is 1. The number of rotatable bonds is 13. The number of aliphatic hydroxyl groups is 2. The molecular formula is C16H24F2O7. The Morgan fingerprint density at radius 2 is 1.52 bits per heavy atom. The van der Waals surface area contributed by atoms with Crippen molar-refractivity contribution in [2.75, 3.05) is 47.3 Å². The molecule has 0 radical (unpaired) electrons. The van der Waals surface area contributed by atoms with Gasteiger partial charge in [-0.05, 0) is 12.1 Å². The fourth-order valence-corrected chi connectivity index (χ4v) is 1.70. The van der Waals surface area contributed by atoms with Crippen molar-refractivity contribution >= 4 is 0 Å². The summed E-state index contributed by atoms with van der Waals surface area (Å²) in [6, 6.07) is 6.57. The Morgan fingerprint density at radius 1 is 0.960 bits per heavy atom. The van der Waals surface area contributed by atoms with E-state index in [1.54, 1.807) is 24.3 Å². The molecule has 0 amide bonds. The maximum Gasteiger partial charge on any atom is 0.378 e. The molecular weight excluding hydrogens is 342 g/mol. The van der Waals surface area contributed by atoms with Crippen molar-refractivity contribution < 1.29 is 42.7 Å². The molecule has 144 valence electrons. The highest BCUT2D eigenvalue weighted by atomic mass is 19.3. The minimum Gasteiger partial charge on any atom is -0.491 e. The van der Waals surface area contributed by atoms with Crippen molar-refractivity contribution in [3.63, 3.8) is 0 Å². The third-order valence-electron chi connectivity index (χ3n) is 2.93. The molecule has 2 atom stereocenters. The molecule has 0 aliphatic carbocycles. The standard InChI is InChI=1S/C16H24F2O7/c1-21-7-12(19)9-24-14-4-3-5-15(6-14)25-10-13(20)8-23-11-16(17,18)22-2/h3-6,12-13,19-20H,7-11H2,1-2H3. The third-order valence-corrected chi connectivity index (χ3v) is 2.93. The van der Waals surface area contributed by atoms with E-state index >= 15 is 0 Å². The first-order valence-corrected chi connectivity index (χ1v) is 7.57. The summed E-state index contributed by atoms with van der Waals surface area (Å²) in [6.45, 7) is -1.20. The lowest BCUT2D eigenvalue weighted by atomic mass is 10.3.